The molecule has 1 saturated carbocycles. The number of carbonyl (C=O) groups is 1. The zero-order valence-electron chi connectivity index (χ0n) is 12.9. The van der Waals surface area contributed by atoms with E-state index in [0.717, 1.165) is 24.9 Å². The van der Waals surface area contributed by atoms with Crippen molar-refractivity contribution in [2.45, 2.75) is 57.5 Å². The van der Waals surface area contributed by atoms with Crippen molar-refractivity contribution in [1.29, 1.82) is 0 Å². The molecule has 0 radical (unpaired) electrons. The lowest BCUT2D eigenvalue weighted by molar-refractivity contribution is -0.134. The van der Waals surface area contributed by atoms with Crippen LogP contribution in [0.4, 0.5) is 0 Å². The van der Waals surface area contributed by atoms with E-state index in [9.17, 15) is 4.79 Å². The van der Waals surface area contributed by atoms with E-state index in [1.165, 1.54) is 31.2 Å². The van der Waals surface area contributed by atoms with Gasteiger partial charge in [0.05, 0.1) is 0 Å². The molecule has 0 aromatic heterocycles. The van der Waals surface area contributed by atoms with E-state index in [4.69, 9.17) is 5.73 Å². The molecular weight excluding hydrogens is 260 g/mol. The summed E-state index contributed by atoms with van der Waals surface area (Å²) in [5.74, 6) is 0.829. The quantitative estimate of drug-likeness (QED) is 0.927. The molecule has 2 aliphatic rings. The molecule has 1 aromatic rings. The number of carbonyl (C=O) groups excluding carboxylic acids is 1. The Balaban J connectivity index is 1.72. The summed E-state index contributed by atoms with van der Waals surface area (Å²) in [5, 5.41) is 0. The maximum atomic E-state index is 12.8. The minimum atomic E-state index is -0.507. The van der Waals surface area contributed by atoms with E-state index in [1.54, 1.807) is 0 Å². The molecule has 3 rings (SSSR count). The lowest BCUT2D eigenvalue weighted by atomic mass is 9.95. The number of aryl methyl sites for hydroxylation is 1. The van der Waals surface area contributed by atoms with E-state index in [2.05, 4.69) is 4.90 Å². The molecule has 114 valence electrons. The molecule has 2 unspecified atom stereocenters. The Morgan fingerprint density at radius 2 is 1.81 bits per heavy atom. The van der Waals surface area contributed by atoms with E-state index in [-0.39, 0.29) is 5.91 Å². The van der Waals surface area contributed by atoms with Gasteiger partial charge in [-0.2, -0.15) is 0 Å². The highest BCUT2D eigenvalue weighted by Crippen LogP contribution is 2.36. The van der Waals surface area contributed by atoms with Crippen LogP contribution in [-0.4, -0.2) is 23.4 Å². The van der Waals surface area contributed by atoms with E-state index in [1.807, 2.05) is 31.2 Å². The number of nitrogens with zero attached hydrogens (tertiary/aromatic N) is 1. The smallest absolute Gasteiger partial charge is 0.244 e. The van der Waals surface area contributed by atoms with Gasteiger partial charge in [0.15, 0.2) is 0 Å². The molecule has 2 fully saturated rings. The molecule has 21 heavy (non-hydrogen) atoms. The van der Waals surface area contributed by atoms with Gasteiger partial charge in [-0.25, -0.2) is 0 Å². The van der Waals surface area contributed by atoms with Crippen LogP contribution in [0.1, 0.15) is 55.7 Å². The maximum Gasteiger partial charge on any atom is 0.244 e. The fourth-order valence-electron chi connectivity index (χ4n) is 3.99. The van der Waals surface area contributed by atoms with Crippen LogP contribution in [-0.2, 0) is 4.79 Å². The minimum absolute atomic E-state index is 0.119. The topological polar surface area (TPSA) is 46.3 Å². The maximum absolute atomic E-state index is 12.8. The highest BCUT2D eigenvalue weighted by Gasteiger charge is 2.37. The van der Waals surface area contributed by atoms with Crippen LogP contribution in [0, 0.1) is 12.8 Å². The van der Waals surface area contributed by atoms with Crippen LogP contribution in [0.15, 0.2) is 24.3 Å². The number of rotatable bonds is 3. The molecule has 0 bridgehead atoms. The predicted molar refractivity (Wildman–Crippen MR) is 84.8 cm³/mol. The van der Waals surface area contributed by atoms with Gasteiger partial charge in [0, 0.05) is 12.6 Å². The molecule has 0 spiro atoms. The number of hydrogen-bond donors (Lipinski definition) is 1. The highest BCUT2D eigenvalue weighted by atomic mass is 16.2. The summed E-state index contributed by atoms with van der Waals surface area (Å²) in [7, 11) is 0. The van der Waals surface area contributed by atoms with Crippen molar-refractivity contribution < 1.29 is 4.79 Å². The van der Waals surface area contributed by atoms with Crippen molar-refractivity contribution in [2.75, 3.05) is 6.54 Å². The number of nitrogens with two attached hydrogens (primary N) is 1. The Bertz CT molecular complexity index is 490. The molecule has 1 aliphatic carbocycles. The van der Waals surface area contributed by atoms with Crippen LogP contribution in [0.3, 0.4) is 0 Å². The summed E-state index contributed by atoms with van der Waals surface area (Å²) in [6.07, 6.45) is 7.52. The third kappa shape index (κ3) is 2.98. The standard InChI is InChI=1S/C18H26N2O/c1-13-8-10-15(11-9-13)17(19)18(21)20-12-4-7-16(20)14-5-2-3-6-14/h8-11,14,16-17H,2-7,12,19H2,1H3. The van der Waals surface area contributed by atoms with Crippen LogP contribution in [0.2, 0.25) is 0 Å². The SMILES string of the molecule is Cc1ccc(C(N)C(=O)N2CCCC2C2CCCC2)cc1. The van der Waals surface area contributed by atoms with Crippen LogP contribution >= 0.6 is 0 Å². The molecule has 3 heteroatoms. The second-order valence-corrected chi connectivity index (χ2v) is 6.67. The van der Waals surface area contributed by atoms with Crippen molar-refractivity contribution in [3.8, 4) is 0 Å². The highest BCUT2D eigenvalue weighted by molar-refractivity contribution is 5.83. The summed E-state index contributed by atoms with van der Waals surface area (Å²) in [5.41, 5.74) is 8.37. The first kappa shape index (κ1) is 14.6. The molecule has 1 amide bonds. The lowest BCUT2D eigenvalue weighted by Crippen LogP contribution is -2.44. The van der Waals surface area contributed by atoms with E-state index in [0.29, 0.717) is 12.0 Å². The van der Waals surface area contributed by atoms with Crippen molar-refractivity contribution in [1.82, 2.24) is 4.90 Å². The fraction of sp³-hybridized carbons (Fsp3) is 0.611. The largest absolute Gasteiger partial charge is 0.338 e. The number of hydrogen-bond acceptors (Lipinski definition) is 2. The predicted octanol–water partition coefficient (Wildman–Crippen LogP) is 3.18. The zero-order valence-corrected chi connectivity index (χ0v) is 12.9. The zero-order chi connectivity index (χ0) is 14.8. The first-order valence-corrected chi connectivity index (χ1v) is 8.29. The molecule has 1 heterocycles. The molecule has 2 N–H and O–H groups in total. The third-order valence-corrected chi connectivity index (χ3v) is 5.23. The Kier molecular flexibility index (Phi) is 4.29. The van der Waals surface area contributed by atoms with Crippen molar-refractivity contribution in [3.63, 3.8) is 0 Å². The van der Waals surface area contributed by atoms with Crippen molar-refractivity contribution in [3.05, 3.63) is 35.4 Å². The van der Waals surface area contributed by atoms with E-state index < -0.39 is 6.04 Å². The van der Waals surface area contributed by atoms with Gasteiger partial charge >= 0.3 is 0 Å². The summed E-state index contributed by atoms with van der Waals surface area (Å²) in [4.78, 5) is 14.9. The van der Waals surface area contributed by atoms with Crippen molar-refractivity contribution >= 4 is 5.91 Å². The van der Waals surface area contributed by atoms with Crippen LogP contribution in [0.5, 0.6) is 0 Å². The minimum Gasteiger partial charge on any atom is -0.338 e. The van der Waals surface area contributed by atoms with Gasteiger partial charge in [-0.05, 0) is 44.1 Å². The lowest BCUT2D eigenvalue weighted by Gasteiger charge is -2.31. The van der Waals surface area contributed by atoms with Crippen LogP contribution < -0.4 is 5.73 Å². The average molecular weight is 286 g/mol. The summed E-state index contributed by atoms with van der Waals surface area (Å²) >= 11 is 0. The Morgan fingerprint density at radius 1 is 1.14 bits per heavy atom. The number of likely N-dealkylation sites (tertiary alicyclic amines) is 1. The molecule has 3 nitrogen and oxygen atoms in total. The van der Waals surface area contributed by atoms with Gasteiger partial charge in [0.25, 0.3) is 0 Å². The molecule has 1 aliphatic heterocycles. The van der Waals surface area contributed by atoms with Gasteiger partial charge in [-0.3, -0.25) is 4.79 Å². The second-order valence-electron chi connectivity index (χ2n) is 6.67. The molecular formula is C18H26N2O. The summed E-state index contributed by atoms with van der Waals surface area (Å²) in [6.45, 7) is 2.94. The van der Waals surface area contributed by atoms with Gasteiger partial charge < -0.3 is 10.6 Å². The van der Waals surface area contributed by atoms with E-state index >= 15 is 0 Å². The van der Waals surface area contributed by atoms with Crippen molar-refractivity contribution in [2.24, 2.45) is 11.7 Å². The first-order chi connectivity index (χ1) is 10.2. The number of amides is 1. The molecule has 2 atom stereocenters. The van der Waals surface area contributed by atoms with Gasteiger partial charge in [-0.15, -0.1) is 0 Å². The first-order valence-electron chi connectivity index (χ1n) is 8.29. The summed E-state index contributed by atoms with van der Waals surface area (Å²) < 4.78 is 0. The normalized spacial score (nSPS) is 24.5. The third-order valence-electron chi connectivity index (χ3n) is 5.23. The van der Waals surface area contributed by atoms with Gasteiger partial charge in [0.1, 0.15) is 6.04 Å². The molecule has 1 saturated heterocycles. The summed E-state index contributed by atoms with van der Waals surface area (Å²) in [6, 6.07) is 7.96. The Hall–Kier alpha value is -1.35. The second kappa shape index (κ2) is 6.18. The monoisotopic (exact) mass is 286 g/mol. The molecule has 1 aromatic carbocycles. The Labute approximate surface area is 127 Å². The average Bonchev–Trinajstić information content (AvgIpc) is 3.17. The number of benzene rings is 1. The Morgan fingerprint density at radius 3 is 2.48 bits per heavy atom. The van der Waals surface area contributed by atoms with Crippen LogP contribution in [0.25, 0.3) is 0 Å². The fourth-order valence-corrected chi connectivity index (χ4v) is 3.99. The van der Waals surface area contributed by atoms with Gasteiger partial charge in [-0.1, -0.05) is 42.7 Å². The van der Waals surface area contributed by atoms with Gasteiger partial charge in [0.2, 0.25) is 5.91 Å².